The summed E-state index contributed by atoms with van der Waals surface area (Å²) < 4.78 is 15.9. The molecule has 1 atom stereocenters. The SMILES string of the molecule is COc1ccc(CN2CCNC(=O)[C@@H]2CC(=O)NCc2ccco2)c(OC)c1. The molecule has 28 heavy (non-hydrogen) atoms. The Morgan fingerprint density at radius 3 is 2.89 bits per heavy atom. The topological polar surface area (TPSA) is 93.0 Å². The van der Waals surface area contributed by atoms with E-state index in [4.69, 9.17) is 13.9 Å². The molecule has 0 spiro atoms. The zero-order valence-electron chi connectivity index (χ0n) is 16.1. The first-order valence-corrected chi connectivity index (χ1v) is 9.12. The van der Waals surface area contributed by atoms with Crippen LogP contribution in [0.5, 0.6) is 11.5 Å². The molecule has 1 aromatic carbocycles. The van der Waals surface area contributed by atoms with E-state index in [2.05, 4.69) is 10.6 Å². The van der Waals surface area contributed by atoms with Gasteiger partial charge in [0.15, 0.2) is 0 Å². The van der Waals surface area contributed by atoms with Crippen molar-refractivity contribution in [3.8, 4) is 11.5 Å². The van der Waals surface area contributed by atoms with Crippen LogP contribution in [0.4, 0.5) is 0 Å². The third kappa shape index (κ3) is 4.83. The van der Waals surface area contributed by atoms with Gasteiger partial charge in [-0.1, -0.05) is 6.07 Å². The van der Waals surface area contributed by atoms with Crippen LogP contribution in [0.3, 0.4) is 0 Å². The van der Waals surface area contributed by atoms with Crippen LogP contribution in [0, 0.1) is 0 Å². The number of hydrogen-bond donors (Lipinski definition) is 2. The Bertz CT molecular complexity index is 806. The number of nitrogens with one attached hydrogen (secondary N) is 2. The Balaban J connectivity index is 1.66. The zero-order valence-corrected chi connectivity index (χ0v) is 16.1. The van der Waals surface area contributed by atoms with Gasteiger partial charge in [0.1, 0.15) is 17.3 Å². The minimum atomic E-state index is -0.544. The van der Waals surface area contributed by atoms with E-state index in [1.165, 1.54) is 0 Å². The maximum atomic E-state index is 12.4. The summed E-state index contributed by atoms with van der Waals surface area (Å²) in [7, 11) is 3.20. The van der Waals surface area contributed by atoms with Gasteiger partial charge >= 0.3 is 0 Å². The smallest absolute Gasteiger partial charge is 0.237 e. The first-order chi connectivity index (χ1) is 13.6. The van der Waals surface area contributed by atoms with Crippen LogP contribution in [0.2, 0.25) is 0 Å². The minimum absolute atomic E-state index is 0.0744. The molecule has 1 aromatic heterocycles. The number of methoxy groups -OCH3 is 2. The van der Waals surface area contributed by atoms with E-state index < -0.39 is 6.04 Å². The summed E-state index contributed by atoms with van der Waals surface area (Å²) >= 11 is 0. The maximum absolute atomic E-state index is 12.4. The molecule has 3 rings (SSSR count). The molecule has 2 amide bonds. The van der Waals surface area contributed by atoms with Crippen molar-refractivity contribution in [1.29, 1.82) is 0 Å². The van der Waals surface area contributed by atoms with Gasteiger partial charge in [0, 0.05) is 31.3 Å². The van der Waals surface area contributed by atoms with Crippen molar-refractivity contribution >= 4 is 11.8 Å². The number of carbonyl (C=O) groups excluding carboxylic acids is 2. The van der Waals surface area contributed by atoms with Crippen molar-refractivity contribution in [2.45, 2.75) is 25.6 Å². The molecule has 0 radical (unpaired) electrons. The van der Waals surface area contributed by atoms with Gasteiger partial charge in [-0.25, -0.2) is 0 Å². The second-order valence-electron chi connectivity index (χ2n) is 6.52. The highest BCUT2D eigenvalue weighted by Gasteiger charge is 2.32. The number of piperazine rings is 1. The highest BCUT2D eigenvalue weighted by atomic mass is 16.5. The van der Waals surface area contributed by atoms with Crippen LogP contribution >= 0.6 is 0 Å². The van der Waals surface area contributed by atoms with E-state index >= 15 is 0 Å². The summed E-state index contributed by atoms with van der Waals surface area (Å²) in [6, 6.07) is 8.59. The summed E-state index contributed by atoms with van der Waals surface area (Å²) in [5.41, 5.74) is 0.930. The molecule has 1 saturated heterocycles. The molecule has 0 unspecified atom stereocenters. The zero-order chi connectivity index (χ0) is 19.9. The third-order valence-electron chi connectivity index (χ3n) is 4.73. The number of benzene rings is 1. The van der Waals surface area contributed by atoms with Gasteiger partial charge in [-0.15, -0.1) is 0 Å². The fraction of sp³-hybridized carbons (Fsp3) is 0.400. The molecule has 1 aliphatic heterocycles. The normalized spacial score (nSPS) is 17.1. The summed E-state index contributed by atoms with van der Waals surface area (Å²) in [5.74, 6) is 1.70. The Morgan fingerprint density at radius 2 is 2.18 bits per heavy atom. The molecule has 2 heterocycles. The number of nitrogens with zero attached hydrogens (tertiary/aromatic N) is 1. The molecule has 0 saturated carbocycles. The van der Waals surface area contributed by atoms with Crippen molar-refractivity contribution in [2.24, 2.45) is 0 Å². The Labute approximate surface area is 163 Å². The van der Waals surface area contributed by atoms with Gasteiger partial charge in [0.2, 0.25) is 11.8 Å². The Morgan fingerprint density at radius 1 is 1.32 bits per heavy atom. The van der Waals surface area contributed by atoms with Crippen LogP contribution in [-0.2, 0) is 22.7 Å². The average molecular weight is 387 g/mol. The monoisotopic (exact) mass is 387 g/mol. The molecule has 0 bridgehead atoms. The van der Waals surface area contributed by atoms with Crippen LogP contribution in [-0.4, -0.2) is 50.1 Å². The van der Waals surface area contributed by atoms with Gasteiger partial charge in [-0.05, 0) is 18.2 Å². The van der Waals surface area contributed by atoms with E-state index in [1.54, 1.807) is 32.6 Å². The predicted octanol–water partition coefficient (Wildman–Crippen LogP) is 1.30. The molecule has 150 valence electrons. The lowest BCUT2D eigenvalue weighted by Crippen LogP contribution is -2.56. The molecular weight excluding hydrogens is 362 g/mol. The minimum Gasteiger partial charge on any atom is -0.497 e. The van der Waals surface area contributed by atoms with Gasteiger partial charge < -0.3 is 24.5 Å². The second-order valence-corrected chi connectivity index (χ2v) is 6.52. The molecule has 1 fully saturated rings. The van der Waals surface area contributed by atoms with Crippen LogP contribution in [0.1, 0.15) is 17.7 Å². The molecule has 2 N–H and O–H groups in total. The third-order valence-corrected chi connectivity index (χ3v) is 4.73. The van der Waals surface area contributed by atoms with Gasteiger partial charge in [0.25, 0.3) is 0 Å². The standard InChI is InChI=1S/C20H25N3O5/c1-26-15-6-5-14(18(10-15)27-2)13-23-8-7-21-20(25)17(23)11-19(24)22-12-16-4-3-9-28-16/h3-6,9-10,17H,7-8,11-13H2,1-2H3,(H,21,25)(H,22,24)/t17-/m0/s1. The summed E-state index contributed by atoms with van der Waals surface area (Å²) in [6.45, 7) is 1.99. The summed E-state index contributed by atoms with van der Waals surface area (Å²) in [4.78, 5) is 26.8. The molecule has 8 nitrogen and oxygen atoms in total. The van der Waals surface area contributed by atoms with Crippen molar-refractivity contribution in [2.75, 3.05) is 27.3 Å². The van der Waals surface area contributed by atoms with E-state index in [-0.39, 0.29) is 18.2 Å². The maximum Gasteiger partial charge on any atom is 0.237 e. The van der Waals surface area contributed by atoms with Crippen molar-refractivity contribution < 1.29 is 23.5 Å². The number of rotatable bonds is 8. The number of carbonyl (C=O) groups is 2. The molecule has 2 aromatic rings. The van der Waals surface area contributed by atoms with E-state index in [1.807, 2.05) is 23.1 Å². The van der Waals surface area contributed by atoms with Crippen LogP contribution in [0.15, 0.2) is 41.0 Å². The van der Waals surface area contributed by atoms with Crippen LogP contribution in [0.25, 0.3) is 0 Å². The molecule has 1 aliphatic rings. The Kier molecular flexibility index (Phi) is 6.54. The lowest BCUT2D eigenvalue weighted by atomic mass is 10.1. The molecule has 0 aliphatic carbocycles. The van der Waals surface area contributed by atoms with Crippen molar-refractivity contribution in [3.63, 3.8) is 0 Å². The van der Waals surface area contributed by atoms with Gasteiger partial charge in [-0.2, -0.15) is 0 Å². The highest BCUT2D eigenvalue weighted by molar-refractivity contribution is 5.88. The van der Waals surface area contributed by atoms with Gasteiger partial charge in [-0.3, -0.25) is 14.5 Å². The van der Waals surface area contributed by atoms with E-state index in [0.29, 0.717) is 43.4 Å². The van der Waals surface area contributed by atoms with E-state index in [0.717, 1.165) is 5.56 Å². The predicted molar refractivity (Wildman–Crippen MR) is 102 cm³/mol. The second kappa shape index (κ2) is 9.27. The molecule has 8 heteroatoms. The summed E-state index contributed by atoms with van der Waals surface area (Å²) in [5, 5.41) is 5.63. The number of furan rings is 1. The average Bonchev–Trinajstić information content (AvgIpc) is 3.23. The van der Waals surface area contributed by atoms with Gasteiger partial charge in [0.05, 0.1) is 39.5 Å². The first kappa shape index (κ1) is 19.8. The fourth-order valence-electron chi connectivity index (χ4n) is 3.22. The van der Waals surface area contributed by atoms with Crippen LogP contribution < -0.4 is 20.1 Å². The number of hydrogen-bond acceptors (Lipinski definition) is 6. The number of ether oxygens (including phenoxy) is 2. The van der Waals surface area contributed by atoms with Crippen molar-refractivity contribution in [1.82, 2.24) is 15.5 Å². The summed E-state index contributed by atoms with van der Waals surface area (Å²) in [6.07, 6.45) is 1.63. The lowest BCUT2D eigenvalue weighted by molar-refractivity contribution is -0.134. The quantitative estimate of drug-likeness (QED) is 0.709. The number of amides is 2. The fourth-order valence-corrected chi connectivity index (χ4v) is 3.22. The largest absolute Gasteiger partial charge is 0.497 e. The van der Waals surface area contributed by atoms with Crippen molar-refractivity contribution in [3.05, 3.63) is 47.9 Å². The van der Waals surface area contributed by atoms with E-state index in [9.17, 15) is 9.59 Å². The molecular formula is C20H25N3O5. The highest BCUT2D eigenvalue weighted by Crippen LogP contribution is 2.27. The lowest BCUT2D eigenvalue weighted by Gasteiger charge is -2.35. The first-order valence-electron chi connectivity index (χ1n) is 9.12. The Hall–Kier alpha value is -3.00.